The molecule has 0 aliphatic carbocycles. The van der Waals surface area contributed by atoms with Gasteiger partial charge >= 0.3 is 0 Å². The highest BCUT2D eigenvalue weighted by Crippen LogP contribution is 2.27. The Bertz CT molecular complexity index is 510. The van der Waals surface area contributed by atoms with Gasteiger partial charge in [-0.05, 0) is 36.8 Å². The highest BCUT2D eigenvalue weighted by Gasteiger charge is 2.28. The van der Waals surface area contributed by atoms with E-state index < -0.39 is 0 Å². The van der Waals surface area contributed by atoms with Gasteiger partial charge in [0.25, 0.3) is 0 Å². The zero-order valence-corrected chi connectivity index (χ0v) is 12.3. The Labute approximate surface area is 121 Å². The highest BCUT2D eigenvalue weighted by molar-refractivity contribution is 5.84. The van der Waals surface area contributed by atoms with E-state index in [2.05, 4.69) is 13.0 Å². The Morgan fingerprint density at radius 1 is 1.40 bits per heavy atom. The molecule has 1 unspecified atom stereocenters. The van der Waals surface area contributed by atoms with Crippen molar-refractivity contribution >= 4 is 5.91 Å². The summed E-state index contributed by atoms with van der Waals surface area (Å²) in [5, 5.41) is 9.21. The first-order valence-corrected chi connectivity index (χ1v) is 7.45. The van der Waals surface area contributed by atoms with Gasteiger partial charge < -0.3 is 4.90 Å². The van der Waals surface area contributed by atoms with Crippen molar-refractivity contribution in [1.82, 2.24) is 4.90 Å². The molecule has 1 heterocycles. The lowest BCUT2D eigenvalue weighted by molar-refractivity contribution is -0.134. The summed E-state index contributed by atoms with van der Waals surface area (Å²) in [5.41, 5.74) is 1.50. The van der Waals surface area contributed by atoms with Crippen molar-refractivity contribution in [2.45, 2.75) is 39.0 Å². The monoisotopic (exact) mass is 270 g/mol. The minimum atomic E-state index is -0.181. The van der Waals surface area contributed by atoms with Gasteiger partial charge in [-0.2, -0.15) is 5.26 Å². The number of benzene rings is 1. The molecular formula is C17H22N2O. The SMILES string of the molecule is CCC(C(=O)N1CCC(C)CC1)c1ccccc1C#N. The fourth-order valence-corrected chi connectivity index (χ4v) is 2.88. The molecule has 0 saturated carbocycles. The zero-order chi connectivity index (χ0) is 14.5. The first-order chi connectivity index (χ1) is 9.67. The molecule has 1 aliphatic rings. The number of likely N-dealkylation sites (tertiary alicyclic amines) is 1. The summed E-state index contributed by atoms with van der Waals surface area (Å²) in [6, 6.07) is 9.67. The van der Waals surface area contributed by atoms with Crippen LogP contribution in [0.1, 0.15) is 50.2 Å². The van der Waals surface area contributed by atoms with Crippen LogP contribution in [0.3, 0.4) is 0 Å². The molecule has 0 bridgehead atoms. The van der Waals surface area contributed by atoms with Gasteiger partial charge in [-0.3, -0.25) is 4.79 Å². The van der Waals surface area contributed by atoms with Crippen molar-refractivity contribution in [3.63, 3.8) is 0 Å². The number of hydrogen-bond acceptors (Lipinski definition) is 2. The maximum atomic E-state index is 12.7. The second-order valence-electron chi connectivity index (χ2n) is 5.67. The average Bonchev–Trinajstić information content (AvgIpc) is 2.49. The van der Waals surface area contributed by atoms with E-state index in [1.54, 1.807) is 6.07 Å². The van der Waals surface area contributed by atoms with Crippen LogP contribution in [0.4, 0.5) is 0 Å². The molecule has 1 atom stereocenters. The summed E-state index contributed by atoms with van der Waals surface area (Å²) >= 11 is 0. The lowest BCUT2D eigenvalue weighted by atomic mass is 9.90. The molecule has 0 N–H and O–H groups in total. The van der Waals surface area contributed by atoms with Gasteiger partial charge in [-0.1, -0.05) is 32.0 Å². The third kappa shape index (κ3) is 3.01. The van der Waals surface area contributed by atoms with Crippen LogP contribution in [-0.2, 0) is 4.79 Å². The summed E-state index contributed by atoms with van der Waals surface area (Å²) in [5.74, 6) is 0.715. The van der Waals surface area contributed by atoms with Crippen molar-refractivity contribution in [2.24, 2.45) is 5.92 Å². The lowest BCUT2D eigenvalue weighted by Gasteiger charge is -2.33. The van der Waals surface area contributed by atoms with Crippen molar-refractivity contribution in [1.29, 1.82) is 5.26 Å². The number of amides is 1. The largest absolute Gasteiger partial charge is 0.342 e. The third-order valence-electron chi connectivity index (χ3n) is 4.26. The van der Waals surface area contributed by atoms with Crippen molar-refractivity contribution in [3.8, 4) is 6.07 Å². The van der Waals surface area contributed by atoms with Crippen LogP contribution >= 0.6 is 0 Å². The van der Waals surface area contributed by atoms with Gasteiger partial charge in [0, 0.05) is 13.1 Å². The molecule has 106 valence electrons. The van der Waals surface area contributed by atoms with Crippen LogP contribution in [0.25, 0.3) is 0 Å². The van der Waals surface area contributed by atoms with E-state index in [1.807, 2.05) is 30.0 Å². The summed E-state index contributed by atoms with van der Waals surface area (Å²) in [6.07, 6.45) is 2.91. The predicted octanol–water partition coefficient (Wildman–Crippen LogP) is 3.31. The molecule has 0 spiro atoms. The van der Waals surface area contributed by atoms with Crippen LogP contribution in [0.15, 0.2) is 24.3 Å². The van der Waals surface area contributed by atoms with E-state index in [0.717, 1.165) is 37.9 Å². The number of nitriles is 1. The molecule has 0 aromatic heterocycles. The first-order valence-electron chi connectivity index (χ1n) is 7.45. The fourth-order valence-electron chi connectivity index (χ4n) is 2.88. The van der Waals surface area contributed by atoms with Crippen molar-refractivity contribution in [3.05, 3.63) is 35.4 Å². The van der Waals surface area contributed by atoms with E-state index in [4.69, 9.17) is 0 Å². The molecule has 0 radical (unpaired) electrons. The molecule has 2 rings (SSSR count). The number of piperidine rings is 1. The Morgan fingerprint density at radius 3 is 2.65 bits per heavy atom. The molecule has 1 aromatic carbocycles. The molecule has 3 nitrogen and oxygen atoms in total. The van der Waals surface area contributed by atoms with E-state index >= 15 is 0 Å². The van der Waals surface area contributed by atoms with Crippen LogP contribution in [0.5, 0.6) is 0 Å². The van der Waals surface area contributed by atoms with Gasteiger partial charge in [0.2, 0.25) is 5.91 Å². The number of hydrogen-bond donors (Lipinski definition) is 0. The molecule has 1 aliphatic heterocycles. The Balaban J connectivity index is 2.20. The normalized spacial score (nSPS) is 17.6. The summed E-state index contributed by atoms with van der Waals surface area (Å²) in [7, 11) is 0. The predicted molar refractivity (Wildman–Crippen MR) is 79.2 cm³/mol. The van der Waals surface area contributed by atoms with E-state index in [-0.39, 0.29) is 11.8 Å². The van der Waals surface area contributed by atoms with Crippen LogP contribution in [0.2, 0.25) is 0 Å². The molecule has 20 heavy (non-hydrogen) atoms. The van der Waals surface area contributed by atoms with Crippen molar-refractivity contribution in [2.75, 3.05) is 13.1 Å². The summed E-state index contributed by atoms with van der Waals surface area (Å²) in [4.78, 5) is 14.7. The zero-order valence-electron chi connectivity index (χ0n) is 12.3. The molecule has 1 amide bonds. The van der Waals surface area contributed by atoms with Gasteiger partial charge in [-0.15, -0.1) is 0 Å². The lowest BCUT2D eigenvalue weighted by Crippen LogP contribution is -2.40. The van der Waals surface area contributed by atoms with Crippen molar-refractivity contribution < 1.29 is 4.79 Å². The number of carbonyl (C=O) groups excluding carboxylic acids is 1. The third-order valence-corrected chi connectivity index (χ3v) is 4.26. The van der Waals surface area contributed by atoms with E-state index in [1.165, 1.54) is 0 Å². The maximum absolute atomic E-state index is 12.7. The van der Waals surface area contributed by atoms with E-state index in [0.29, 0.717) is 11.5 Å². The fraction of sp³-hybridized carbons (Fsp3) is 0.529. The second kappa shape index (κ2) is 6.56. The number of nitrogens with zero attached hydrogens (tertiary/aromatic N) is 2. The number of rotatable bonds is 3. The Morgan fingerprint density at radius 2 is 2.05 bits per heavy atom. The Hall–Kier alpha value is -1.82. The molecule has 1 fully saturated rings. The van der Waals surface area contributed by atoms with Gasteiger partial charge in [0.15, 0.2) is 0 Å². The average molecular weight is 270 g/mol. The standard InChI is InChI=1S/C17H22N2O/c1-3-15(16-7-5-4-6-14(16)12-18)17(20)19-10-8-13(2)9-11-19/h4-7,13,15H,3,8-11H2,1-2H3. The second-order valence-corrected chi connectivity index (χ2v) is 5.67. The quantitative estimate of drug-likeness (QED) is 0.845. The van der Waals surface area contributed by atoms with Gasteiger partial charge in [-0.25, -0.2) is 0 Å². The Kier molecular flexibility index (Phi) is 4.79. The minimum Gasteiger partial charge on any atom is -0.342 e. The smallest absolute Gasteiger partial charge is 0.230 e. The summed E-state index contributed by atoms with van der Waals surface area (Å²) < 4.78 is 0. The van der Waals surface area contributed by atoms with Gasteiger partial charge in [0.1, 0.15) is 0 Å². The molecule has 1 aromatic rings. The van der Waals surface area contributed by atoms with Crippen LogP contribution in [0, 0.1) is 17.2 Å². The van der Waals surface area contributed by atoms with Crippen LogP contribution < -0.4 is 0 Å². The molecule has 3 heteroatoms. The van der Waals surface area contributed by atoms with E-state index in [9.17, 15) is 10.1 Å². The minimum absolute atomic E-state index is 0.181. The first kappa shape index (κ1) is 14.6. The molecular weight excluding hydrogens is 248 g/mol. The maximum Gasteiger partial charge on any atom is 0.230 e. The topological polar surface area (TPSA) is 44.1 Å². The number of carbonyl (C=O) groups is 1. The van der Waals surface area contributed by atoms with Gasteiger partial charge in [0.05, 0.1) is 17.6 Å². The molecule has 1 saturated heterocycles. The highest BCUT2D eigenvalue weighted by atomic mass is 16.2. The van der Waals surface area contributed by atoms with Crippen LogP contribution in [-0.4, -0.2) is 23.9 Å². The summed E-state index contributed by atoms with van der Waals surface area (Å²) in [6.45, 7) is 5.96.